The largest absolute Gasteiger partial charge is 0.437 e. The van der Waals surface area contributed by atoms with E-state index in [1.54, 1.807) is 46.2 Å². The molecule has 1 aromatic carbocycles. The first kappa shape index (κ1) is 24.3. The predicted molar refractivity (Wildman–Crippen MR) is 127 cm³/mol. The molecule has 10 nitrogen and oxygen atoms in total. The van der Waals surface area contributed by atoms with Crippen molar-refractivity contribution >= 4 is 23.1 Å². The normalized spacial score (nSPS) is 14.9. The van der Waals surface area contributed by atoms with E-state index in [1.807, 2.05) is 6.92 Å². The molecule has 2 aromatic heterocycles. The molecule has 1 saturated heterocycles. The first-order chi connectivity index (χ1) is 16.8. The molecule has 0 saturated carbocycles. The number of carbonyl (C=O) groups excluding carboxylic acids is 1. The van der Waals surface area contributed by atoms with Gasteiger partial charge in [0.2, 0.25) is 5.88 Å². The number of primary amides is 1. The first-order valence-corrected chi connectivity index (χ1v) is 11.4. The molecule has 3 heterocycles. The van der Waals surface area contributed by atoms with Crippen LogP contribution in [0.3, 0.4) is 0 Å². The average Bonchev–Trinajstić information content (AvgIpc) is 3.27. The second-order valence-electron chi connectivity index (χ2n) is 8.32. The number of anilines is 3. The standard InChI is InChI=1S/C23H28F2N8O2/c1-2-18-23(35-17-5-3-4-14(26)10-17)31-22(20(30-18)21(27)34)29-15-11-28-33(12-15)16-6-8-32(9-7-16)13-19(24)25/h3-5,10-12,16,19H,2,6-9,13,26H2,1H3,(H2,27,34)(H,29,31). The Kier molecular flexibility index (Phi) is 7.39. The molecule has 0 atom stereocenters. The Morgan fingerprint density at radius 1 is 1.29 bits per heavy atom. The summed E-state index contributed by atoms with van der Waals surface area (Å²) in [4.78, 5) is 22.7. The summed E-state index contributed by atoms with van der Waals surface area (Å²) in [6.07, 6.45) is 2.94. The summed E-state index contributed by atoms with van der Waals surface area (Å²) in [6, 6.07) is 6.98. The third-order valence-electron chi connectivity index (χ3n) is 5.76. The van der Waals surface area contributed by atoms with Crippen molar-refractivity contribution in [1.29, 1.82) is 0 Å². The van der Waals surface area contributed by atoms with Crippen LogP contribution in [0.5, 0.6) is 11.6 Å². The Labute approximate surface area is 201 Å². The number of ether oxygens (including phenoxy) is 1. The maximum Gasteiger partial charge on any atom is 0.271 e. The Morgan fingerprint density at radius 2 is 2.06 bits per heavy atom. The molecule has 4 rings (SSSR count). The van der Waals surface area contributed by atoms with E-state index in [0.29, 0.717) is 55.2 Å². The molecule has 1 aliphatic rings. The number of piperidine rings is 1. The van der Waals surface area contributed by atoms with Crippen LogP contribution in [0.4, 0.5) is 26.0 Å². The van der Waals surface area contributed by atoms with Crippen LogP contribution in [0.25, 0.3) is 0 Å². The summed E-state index contributed by atoms with van der Waals surface area (Å²) in [5.41, 5.74) is 13.0. The van der Waals surface area contributed by atoms with E-state index in [1.165, 1.54) is 0 Å². The van der Waals surface area contributed by atoms with Gasteiger partial charge in [-0.25, -0.2) is 13.8 Å². The number of benzene rings is 1. The van der Waals surface area contributed by atoms with Crippen LogP contribution in [0.2, 0.25) is 0 Å². The van der Waals surface area contributed by atoms with E-state index in [9.17, 15) is 13.6 Å². The third-order valence-corrected chi connectivity index (χ3v) is 5.76. The summed E-state index contributed by atoms with van der Waals surface area (Å²) < 4.78 is 33.0. The van der Waals surface area contributed by atoms with Gasteiger partial charge in [0.05, 0.1) is 24.5 Å². The minimum absolute atomic E-state index is 0.0187. The molecular weight excluding hydrogens is 458 g/mol. The van der Waals surface area contributed by atoms with Crippen molar-refractivity contribution in [3.05, 3.63) is 48.0 Å². The average molecular weight is 487 g/mol. The lowest BCUT2D eigenvalue weighted by Gasteiger charge is -2.31. The van der Waals surface area contributed by atoms with Gasteiger partial charge in [0.25, 0.3) is 12.3 Å². The van der Waals surface area contributed by atoms with Crippen molar-refractivity contribution in [2.24, 2.45) is 5.73 Å². The number of hydrogen-bond acceptors (Lipinski definition) is 8. The number of nitrogen functional groups attached to an aromatic ring is 1. The number of halogens is 2. The van der Waals surface area contributed by atoms with Gasteiger partial charge in [-0.05, 0) is 31.4 Å². The van der Waals surface area contributed by atoms with Crippen molar-refractivity contribution in [2.75, 3.05) is 30.7 Å². The van der Waals surface area contributed by atoms with Crippen molar-refractivity contribution in [1.82, 2.24) is 24.6 Å². The highest BCUT2D eigenvalue weighted by atomic mass is 19.3. The van der Waals surface area contributed by atoms with Gasteiger partial charge in [0, 0.05) is 31.0 Å². The highest BCUT2D eigenvalue weighted by Crippen LogP contribution is 2.29. The van der Waals surface area contributed by atoms with Gasteiger partial charge in [-0.1, -0.05) is 13.0 Å². The number of alkyl halides is 2. The van der Waals surface area contributed by atoms with Gasteiger partial charge >= 0.3 is 0 Å². The van der Waals surface area contributed by atoms with Crippen LogP contribution in [0.1, 0.15) is 42.0 Å². The summed E-state index contributed by atoms with van der Waals surface area (Å²) in [7, 11) is 0. The number of hydrogen-bond donors (Lipinski definition) is 3. The molecule has 12 heteroatoms. The number of likely N-dealkylation sites (tertiary alicyclic amines) is 1. The number of rotatable bonds is 9. The number of amides is 1. The number of nitrogens with one attached hydrogen (secondary N) is 1. The molecular formula is C23H28F2N8O2. The molecule has 35 heavy (non-hydrogen) atoms. The monoisotopic (exact) mass is 486 g/mol. The topological polar surface area (TPSA) is 137 Å². The SMILES string of the molecule is CCc1nc(C(N)=O)c(Nc2cnn(C3CCN(CC(F)F)CC3)c2)nc1Oc1cccc(N)c1. The van der Waals surface area contributed by atoms with Gasteiger partial charge in [-0.2, -0.15) is 10.1 Å². The summed E-state index contributed by atoms with van der Waals surface area (Å²) in [5, 5.41) is 7.47. The number of aromatic nitrogens is 4. The maximum atomic E-state index is 12.6. The molecule has 1 aliphatic heterocycles. The second-order valence-corrected chi connectivity index (χ2v) is 8.32. The highest BCUT2D eigenvalue weighted by molar-refractivity contribution is 5.96. The molecule has 0 aliphatic carbocycles. The molecule has 186 valence electrons. The van der Waals surface area contributed by atoms with E-state index in [0.717, 1.165) is 0 Å². The van der Waals surface area contributed by atoms with E-state index in [-0.39, 0.29) is 30.0 Å². The van der Waals surface area contributed by atoms with Gasteiger partial charge in [0.1, 0.15) is 11.4 Å². The van der Waals surface area contributed by atoms with E-state index in [4.69, 9.17) is 16.2 Å². The predicted octanol–water partition coefficient (Wildman–Crippen LogP) is 3.35. The zero-order chi connectivity index (χ0) is 24.9. The fourth-order valence-corrected chi connectivity index (χ4v) is 4.02. The summed E-state index contributed by atoms with van der Waals surface area (Å²) in [5.74, 6) is 0.117. The number of carbonyl (C=O) groups is 1. The lowest BCUT2D eigenvalue weighted by Crippen LogP contribution is -2.37. The summed E-state index contributed by atoms with van der Waals surface area (Å²) >= 11 is 0. The Bertz CT molecular complexity index is 1180. The number of aryl methyl sites for hydroxylation is 1. The molecule has 5 N–H and O–H groups in total. The Hall–Kier alpha value is -3.80. The number of nitrogens with zero attached hydrogens (tertiary/aromatic N) is 5. The van der Waals surface area contributed by atoms with Gasteiger partial charge in [0.15, 0.2) is 11.5 Å². The lowest BCUT2D eigenvalue weighted by atomic mass is 10.1. The lowest BCUT2D eigenvalue weighted by molar-refractivity contribution is 0.0690. The molecule has 0 spiro atoms. The van der Waals surface area contributed by atoms with Gasteiger partial charge in [-0.15, -0.1) is 0 Å². The highest BCUT2D eigenvalue weighted by Gasteiger charge is 2.24. The van der Waals surface area contributed by atoms with Crippen LogP contribution in [-0.4, -0.2) is 56.6 Å². The Morgan fingerprint density at radius 3 is 2.71 bits per heavy atom. The molecule has 3 aromatic rings. The van der Waals surface area contributed by atoms with E-state index in [2.05, 4.69) is 20.4 Å². The third kappa shape index (κ3) is 6.01. The molecule has 0 unspecified atom stereocenters. The molecule has 0 bridgehead atoms. The van der Waals surface area contributed by atoms with Crippen LogP contribution >= 0.6 is 0 Å². The minimum Gasteiger partial charge on any atom is -0.437 e. The van der Waals surface area contributed by atoms with E-state index >= 15 is 0 Å². The van der Waals surface area contributed by atoms with Crippen LogP contribution in [0.15, 0.2) is 36.7 Å². The van der Waals surface area contributed by atoms with Crippen LogP contribution in [-0.2, 0) is 6.42 Å². The van der Waals surface area contributed by atoms with Crippen molar-refractivity contribution in [2.45, 2.75) is 38.7 Å². The van der Waals surface area contributed by atoms with E-state index < -0.39 is 12.3 Å². The zero-order valence-corrected chi connectivity index (χ0v) is 19.3. The quantitative estimate of drug-likeness (QED) is 0.392. The zero-order valence-electron chi connectivity index (χ0n) is 19.3. The van der Waals surface area contributed by atoms with Gasteiger partial charge < -0.3 is 21.5 Å². The van der Waals surface area contributed by atoms with Crippen LogP contribution in [0, 0.1) is 0 Å². The Balaban J connectivity index is 1.53. The number of nitrogens with two attached hydrogens (primary N) is 2. The first-order valence-electron chi connectivity index (χ1n) is 11.4. The van der Waals surface area contributed by atoms with Crippen LogP contribution < -0.4 is 21.5 Å². The minimum atomic E-state index is -2.33. The smallest absolute Gasteiger partial charge is 0.271 e. The fourth-order valence-electron chi connectivity index (χ4n) is 4.02. The van der Waals surface area contributed by atoms with Gasteiger partial charge in [-0.3, -0.25) is 14.4 Å². The molecule has 1 amide bonds. The second kappa shape index (κ2) is 10.6. The van der Waals surface area contributed by atoms with Crippen molar-refractivity contribution in [3.8, 4) is 11.6 Å². The van der Waals surface area contributed by atoms with Crippen molar-refractivity contribution in [3.63, 3.8) is 0 Å². The fraction of sp³-hybridized carbons (Fsp3) is 0.391. The molecule has 1 fully saturated rings. The van der Waals surface area contributed by atoms with Crippen molar-refractivity contribution < 1.29 is 18.3 Å². The molecule has 0 radical (unpaired) electrons. The summed E-state index contributed by atoms with van der Waals surface area (Å²) in [6.45, 7) is 2.82. The maximum absolute atomic E-state index is 12.6.